The van der Waals surface area contributed by atoms with E-state index in [1.807, 2.05) is 6.07 Å². The first-order valence-corrected chi connectivity index (χ1v) is 8.71. The lowest BCUT2D eigenvalue weighted by atomic mass is 10.1. The quantitative estimate of drug-likeness (QED) is 0.616. The first kappa shape index (κ1) is 15.8. The number of aryl methyl sites for hydroxylation is 1. The molecule has 0 aliphatic rings. The summed E-state index contributed by atoms with van der Waals surface area (Å²) in [4.78, 5) is 5.95. The van der Waals surface area contributed by atoms with E-state index in [-0.39, 0.29) is 5.54 Å². The van der Waals surface area contributed by atoms with Gasteiger partial charge < -0.3 is 0 Å². The van der Waals surface area contributed by atoms with Crippen molar-refractivity contribution < 1.29 is 0 Å². The van der Waals surface area contributed by atoms with E-state index in [2.05, 4.69) is 86.2 Å². The van der Waals surface area contributed by atoms with Crippen LogP contribution in [0.3, 0.4) is 0 Å². The van der Waals surface area contributed by atoms with Gasteiger partial charge in [0.15, 0.2) is 4.80 Å². The smallest absolute Gasteiger partial charge is 0.190 e. The molecule has 23 heavy (non-hydrogen) atoms. The molecule has 0 bridgehead atoms. The Morgan fingerprint density at radius 1 is 0.913 bits per heavy atom. The van der Waals surface area contributed by atoms with Gasteiger partial charge in [-0.1, -0.05) is 48.0 Å². The van der Waals surface area contributed by atoms with Gasteiger partial charge in [0, 0.05) is 11.1 Å². The van der Waals surface area contributed by atoms with Gasteiger partial charge in [-0.25, -0.2) is 0 Å². The molecule has 0 amide bonds. The normalized spacial score (nSPS) is 12.6. The number of benzene rings is 2. The van der Waals surface area contributed by atoms with E-state index >= 15 is 0 Å². The lowest BCUT2D eigenvalue weighted by Gasteiger charge is -2.13. The van der Waals surface area contributed by atoms with E-state index < -0.39 is 0 Å². The summed E-state index contributed by atoms with van der Waals surface area (Å²) >= 11 is 1.69. The Kier molecular flexibility index (Phi) is 4.22. The van der Waals surface area contributed by atoms with Crippen LogP contribution in [0.4, 0.5) is 0 Å². The number of aromatic nitrogens is 1. The van der Waals surface area contributed by atoms with Gasteiger partial charge in [0.2, 0.25) is 0 Å². The summed E-state index contributed by atoms with van der Waals surface area (Å²) in [6.07, 6.45) is 0. The zero-order chi connectivity index (χ0) is 16.4. The molecule has 0 aliphatic carbocycles. The molecule has 3 aromatic rings. The summed E-state index contributed by atoms with van der Waals surface area (Å²) in [6, 6.07) is 19.1. The third-order valence-electron chi connectivity index (χ3n) is 3.50. The minimum atomic E-state index is -0.106. The first-order chi connectivity index (χ1) is 10.9. The molecule has 3 rings (SSSR count). The molecule has 0 saturated carbocycles. The fourth-order valence-corrected chi connectivity index (χ4v) is 3.52. The molecule has 0 spiro atoms. The van der Waals surface area contributed by atoms with E-state index in [1.165, 1.54) is 16.8 Å². The molecular weight excluding hydrogens is 300 g/mol. The molecule has 1 aromatic heterocycles. The van der Waals surface area contributed by atoms with Gasteiger partial charge in [-0.3, -0.25) is 9.56 Å². The Balaban J connectivity index is 2.27. The largest absolute Gasteiger partial charge is 0.285 e. The highest BCUT2D eigenvalue weighted by molar-refractivity contribution is 7.07. The maximum Gasteiger partial charge on any atom is 0.190 e. The molecule has 0 saturated heterocycles. The Morgan fingerprint density at radius 2 is 1.57 bits per heavy atom. The van der Waals surface area contributed by atoms with Gasteiger partial charge in [-0.2, -0.15) is 0 Å². The van der Waals surface area contributed by atoms with Gasteiger partial charge in [0.05, 0.1) is 11.2 Å². The van der Waals surface area contributed by atoms with Crippen molar-refractivity contribution in [1.29, 1.82) is 0 Å². The van der Waals surface area contributed by atoms with Crippen molar-refractivity contribution in [2.45, 2.75) is 33.2 Å². The highest BCUT2D eigenvalue weighted by Crippen LogP contribution is 2.24. The van der Waals surface area contributed by atoms with Crippen LogP contribution in [0.5, 0.6) is 0 Å². The molecule has 2 aromatic carbocycles. The Morgan fingerprint density at radius 3 is 2.17 bits per heavy atom. The number of thiazole rings is 1. The summed E-state index contributed by atoms with van der Waals surface area (Å²) in [6.45, 7) is 8.51. The highest BCUT2D eigenvalue weighted by Gasteiger charge is 2.13. The van der Waals surface area contributed by atoms with Crippen molar-refractivity contribution in [2.24, 2.45) is 4.99 Å². The SMILES string of the molecule is Cc1ccc(-n2c(-c3ccccc3)csc2=NC(C)(C)C)cc1. The molecular formula is C20H22N2S. The van der Waals surface area contributed by atoms with Gasteiger partial charge in [-0.15, -0.1) is 11.3 Å². The van der Waals surface area contributed by atoms with Gasteiger partial charge >= 0.3 is 0 Å². The van der Waals surface area contributed by atoms with Crippen LogP contribution in [0.15, 0.2) is 65.0 Å². The molecule has 0 fully saturated rings. The Labute approximate surface area is 141 Å². The molecule has 0 atom stereocenters. The summed E-state index contributed by atoms with van der Waals surface area (Å²) in [5.74, 6) is 0. The third-order valence-corrected chi connectivity index (χ3v) is 4.33. The van der Waals surface area contributed by atoms with E-state index in [9.17, 15) is 0 Å². The average molecular weight is 322 g/mol. The zero-order valence-corrected chi connectivity index (χ0v) is 14.9. The molecule has 118 valence electrons. The minimum absolute atomic E-state index is 0.106. The van der Waals surface area contributed by atoms with Crippen molar-refractivity contribution in [3.05, 3.63) is 70.3 Å². The molecule has 3 heteroatoms. The molecule has 0 N–H and O–H groups in total. The van der Waals surface area contributed by atoms with Crippen molar-refractivity contribution in [3.8, 4) is 16.9 Å². The van der Waals surface area contributed by atoms with Crippen LogP contribution in [0, 0.1) is 6.92 Å². The topological polar surface area (TPSA) is 17.3 Å². The number of hydrogen-bond acceptors (Lipinski definition) is 2. The highest BCUT2D eigenvalue weighted by atomic mass is 32.1. The number of rotatable bonds is 2. The monoisotopic (exact) mass is 322 g/mol. The molecule has 2 nitrogen and oxygen atoms in total. The second kappa shape index (κ2) is 6.17. The summed E-state index contributed by atoms with van der Waals surface area (Å²) < 4.78 is 2.25. The summed E-state index contributed by atoms with van der Waals surface area (Å²) in [5, 5.41) is 2.19. The number of nitrogens with zero attached hydrogens (tertiary/aromatic N) is 2. The third kappa shape index (κ3) is 3.62. The summed E-state index contributed by atoms with van der Waals surface area (Å²) in [7, 11) is 0. The van der Waals surface area contributed by atoms with Crippen LogP contribution in [-0.2, 0) is 0 Å². The second-order valence-corrected chi connectivity index (χ2v) is 7.56. The van der Waals surface area contributed by atoms with Crippen LogP contribution in [0.25, 0.3) is 16.9 Å². The van der Waals surface area contributed by atoms with Gasteiger partial charge in [0.25, 0.3) is 0 Å². The maximum atomic E-state index is 4.92. The average Bonchev–Trinajstić information content (AvgIpc) is 2.90. The second-order valence-electron chi connectivity index (χ2n) is 6.72. The molecule has 1 heterocycles. The van der Waals surface area contributed by atoms with Gasteiger partial charge in [0.1, 0.15) is 0 Å². The van der Waals surface area contributed by atoms with Crippen molar-refractivity contribution in [1.82, 2.24) is 4.57 Å². The number of hydrogen-bond donors (Lipinski definition) is 0. The Hall–Kier alpha value is -2.13. The van der Waals surface area contributed by atoms with Crippen LogP contribution in [0.2, 0.25) is 0 Å². The van der Waals surface area contributed by atoms with E-state index in [0.29, 0.717) is 0 Å². The van der Waals surface area contributed by atoms with Crippen LogP contribution in [0.1, 0.15) is 26.3 Å². The Bertz CT molecular complexity index is 847. The van der Waals surface area contributed by atoms with E-state index in [4.69, 9.17) is 4.99 Å². The van der Waals surface area contributed by atoms with Crippen molar-refractivity contribution >= 4 is 11.3 Å². The zero-order valence-electron chi connectivity index (χ0n) is 14.1. The van der Waals surface area contributed by atoms with E-state index in [1.54, 1.807) is 11.3 Å². The van der Waals surface area contributed by atoms with Crippen LogP contribution >= 0.6 is 11.3 Å². The lowest BCUT2D eigenvalue weighted by Crippen LogP contribution is -2.21. The lowest BCUT2D eigenvalue weighted by molar-refractivity contribution is 0.562. The summed E-state index contributed by atoms with van der Waals surface area (Å²) in [5.41, 5.74) is 4.70. The van der Waals surface area contributed by atoms with Crippen molar-refractivity contribution in [2.75, 3.05) is 0 Å². The molecule has 0 radical (unpaired) electrons. The standard InChI is InChI=1S/C20H22N2S/c1-15-10-12-17(13-11-15)22-18(16-8-6-5-7-9-16)14-23-19(22)21-20(2,3)4/h5-14H,1-4H3. The first-order valence-electron chi connectivity index (χ1n) is 7.83. The van der Waals surface area contributed by atoms with Crippen LogP contribution in [-0.4, -0.2) is 10.1 Å². The molecule has 0 aliphatic heterocycles. The van der Waals surface area contributed by atoms with Crippen LogP contribution < -0.4 is 4.80 Å². The fraction of sp³-hybridized carbons (Fsp3) is 0.250. The molecule has 0 unspecified atom stereocenters. The fourth-order valence-electron chi connectivity index (χ4n) is 2.43. The predicted octanol–water partition coefficient (Wildman–Crippen LogP) is 5.21. The predicted molar refractivity (Wildman–Crippen MR) is 99.1 cm³/mol. The minimum Gasteiger partial charge on any atom is -0.285 e. The van der Waals surface area contributed by atoms with E-state index in [0.717, 1.165) is 10.5 Å². The van der Waals surface area contributed by atoms with Gasteiger partial charge in [-0.05, 0) is 45.4 Å². The maximum absolute atomic E-state index is 4.92. The van der Waals surface area contributed by atoms with Crippen molar-refractivity contribution in [3.63, 3.8) is 0 Å².